The first-order chi connectivity index (χ1) is 7.61. The molecule has 1 aromatic rings. The maximum Gasteiger partial charge on any atom is 0.318 e. The van der Waals surface area contributed by atoms with Crippen LogP contribution in [0.15, 0.2) is 30.3 Å². The summed E-state index contributed by atoms with van der Waals surface area (Å²) in [6.07, 6.45) is 0. The normalized spacial score (nSPS) is 26.6. The summed E-state index contributed by atoms with van der Waals surface area (Å²) in [5.41, 5.74) is 1.06. The topological polar surface area (TPSA) is 43.4 Å². The number of benzene rings is 1. The minimum Gasteiger partial charge on any atom is -0.393 e. The second-order valence-corrected chi connectivity index (χ2v) is 4.25. The average Bonchev–Trinajstić information content (AvgIpc) is 2.54. The first kappa shape index (κ1) is 10.9. The Morgan fingerprint density at radius 3 is 2.25 bits per heavy atom. The number of hydrogen-bond acceptors (Lipinski definition) is 3. The lowest BCUT2D eigenvalue weighted by molar-refractivity contribution is -0.153. The fraction of sp³-hybridized carbons (Fsp3) is 0.385. The third kappa shape index (κ3) is 1.73. The molecule has 3 unspecified atom stereocenters. The molecule has 1 aromatic carbocycles. The highest BCUT2D eigenvalue weighted by Crippen LogP contribution is 2.35. The van der Waals surface area contributed by atoms with Crippen LogP contribution in [0.2, 0.25) is 0 Å². The Hall–Kier alpha value is -1.64. The molecule has 1 heterocycles. The standard InChI is InChI=1S/C13H14O3/c1-8(10-6-4-3-5-7-10)11-9(2)12(14)16-13(11)15/h3-9,11H,1-2H3. The molecule has 2 rings (SSSR count). The van der Waals surface area contributed by atoms with Crippen LogP contribution < -0.4 is 0 Å². The van der Waals surface area contributed by atoms with Gasteiger partial charge < -0.3 is 4.74 Å². The molecular weight excluding hydrogens is 204 g/mol. The number of carbonyl (C=O) groups excluding carboxylic acids is 2. The van der Waals surface area contributed by atoms with Crippen molar-refractivity contribution >= 4 is 11.9 Å². The average molecular weight is 218 g/mol. The van der Waals surface area contributed by atoms with Crippen molar-refractivity contribution in [3.05, 3.63) is 35.9 Å². The van der Waals surface area contributed by atoms with Crippen LogP contribution >= 0.6 is 0 Å². The first-order valence-corrected chi connectivity index (χ1v) is 5.41. The molecule has 1 aliphatic rings. The molecule has 84 valence electrons. The van der Waals surface area contributed by atoms with Gasteiger partial charge in [0.1, 0.15) is 0 Å². The van der Waals surface area contributed by atoms with E-state index >= 15 is 0 Å². The largest absolute Gasteiger partial charge is 0.393 e. The summed E-state index contributed by atoms with van der Waals surface area (Å²) in [7, 11) is 0. The Morgan fingerprint density at radius 1 is 1.12 bits per heavy atom. The van der Waals surface area contributed by atoms with Crippen LogP contribution in [-0.4, -0.2) is 11.9 Å². The van der Waals surface area contributed by atoms with Gasteiger partial charge in [-0.1, -0.05) is 44.2 Å². The van der Waals surface area contributed by atoms with Crippen LogP contribution in [0, 0.1) is 11.8 Å². The van der Waals surface area contributed by atoms with Gasteiger partial charge in [0.25, 0.3) is 0 Å². The Kier molecular flexibility index (Phi) is 2.77. The van der Waals surface area contributed by atoms with E-state index in [1.807, 2.05) is 37.3 Å². The van der Waals surface area contributed by atoms with Crippen molar-refractivity contribution in [1.82, 2.24) is 0 Å². The van der Waals surface area contributed by atoms with E-state index in [4.69, 9.17) is 0 Å². The number of esters is 2. The maximum absolute atomic E-state index is 11.6. The van der Waals surface area contributed by atoms with Crippen molar-refractivity contribution < 1.29 is 14.3 Å². The zero-order valence-electron chi connectivity index (χ0n) is 9.34. The van der Waals surface area contributed by atoms with Crippen molar-refractivity contribution in [2.24, 2.45) is 11.8 Å². The Morgan fingerprint density at radius 2 is 1.75 bits per heavy atom. The molecule has 0 N–H and O–H groups in total. The second-order valence-electron chi connectivity index (χ2n) is 4.25. The number of ether oxygens (including phenoxy) is 1. The molecule has 3 heteroatoms. The lowest BCUT2D eigenvalue weighted by atomic mass is 9.81. The van der Waals surface area contributed by atoms with Crippen molar-refractivity contribution in [3.8, 4) is 0 Å². The van der Waals surface area contributed by atoms with Gasteiger partial charge in [0.15, 0.2) is 0 Å². The monoisotopic (exact) mass is 218 g/mol. The minimum absolute atomic E-state index is 0.00940. The van der Waals surface area contributed by atoms with Gasteiger partial charge in [-0.25, -0.2) is 0 Å². The van der Waals surface area contributed by atoms with Crippen molar-refractivity contribution in [3.63, 3.8) is 0 Å². The van der Waals surface area contributed by atoms with Crippen LogP contribution in [0.5, 0.6) is 0 Å². The maximum atomic E-state index is 11.6. The molecule has 0 aromatic heterocycles. The number of hydrogen-bond donors (Lipinski definition) is 0. The van der Waals surface area contributed by atoms with Crippen LogP contribution in [0.3, 0.4) is 0 Å². The lowest BCUT2D eigenvalue weighted by Gasteiger charge is -2.18. The van der Waals surface area contributed by atoms with Gasteiger partial charge in [-0.05, 0) is 11.5 Å². The highest BCUT2D eigenvalue weighted by molar-refractivity contribution is 5.96. The van der Waals surface area contributed by atoms with Crippen molar-refractivity contribution in [1.29, 1.82) is 0 Å². The highest BCUT2D eigenvalue weighted by atomic mass is 16.6. The Labute approximate surface area is 94.4 Å². The second kappa shape index (κ2) is 4.08. The van der Waals surface area contributed by atoms with E-state index in [0.717, 1.165) is 5.56 Å². The van der Waals surface area contributed by atoms with Gasteiger partial charge in [-0.3, -0.25) is 9.59 Å². The predicted octanol–water partition coefficient (Wildman–Crippen LogP) is 2.13. The molecule has 0 spiro atoms. The number of rotatable bonds is 2. The summed E-state index contributed by atoms with van der Waals surface area (Å²) in [5.74, 6) is -1.49. The Balaban J connectivity index is 2.26. The van der Waals surface area contributed by atoms with E-state index in [2.05, 4.69) is 4.74 Å². The summed E-state index contributed by atoms with van der Waals surface area (Å²) in [6.45, 7) is 3.70. The molecule has 0 saturated carbocycles. The molecule has 0 bridgehead atoms. The third-order valence-corrected chi connectivity index (χ3v) is 3.25. The number of carbonyl (C=O) groups is 2. The van der Waals surface area contributed by atoms with E-state index in [9.17, 15) is 9.59 Å². The zero-order valence-corrected chi connectivity index (χ0v) is 9.34. The summed E-state index contributed by atoms with van der Waals surface area (Å²) in [6, 6.07) is 9.72. The van der Waals surface area contributed by atoms with E-state index in [1.54, 1.807) is 6.92 Å². The molecule has 1 aliphatic heterocycles. The molecule has 0 radical (unpaired) electrons. The molecule has 16 heavy (non-hydrogen) atoms. The molecule has 1 saturated heterocycles. The van der Waals surface area contributed by atoms with Gasteiger partial charge in [0.2, 0.25) is 0 Å². The van der Waals surface area contributed by atoms with E-state index in [1.165, 1.54) is 0 Å². The molecule has 1 fully saturated rings. The summed E-state index contributed by atoms with van der Waals surface area (Å²) >= 11 is 0. The van der Waals surface area contributed by atoms with Crippen molar-refractivity contribution in [2.45, 2.75) is 19.8 Å². The predicted molar refractivity (Wildman–Crippen MR) is 58.6 cm³/mol. The van der Waals surface area contributed by atoms with Gasteiger partial charge >= 0.3 is 11.9 Å². The van der Waals surface area contributed by atoms with Gasteiger partial charge in [0, 0.05) is 0 Å². The SMILES string of the molecule is CC1C(=O)OC(=O)C1C(C)c1ccccc1. The first-order valence-electron chi connectivity index (χ1n) is 5.41. The van der Waals surface area contributed by atoms with Gasteiger partial charge in [0.05, 0.1) is 11.8 Å². The van der Waals surface area contributed by atoms with Crippen LogP contribution in [0.1, 0.15) is 25.3 Å². The number of cyclic esters (lactones) is 2. The van der Waals surface area contributed by atoms with E-state index < -0.39 is 11.9 Å². The molecular formula is C13H14O3. The smallest absolute Gasteiger partial charge is 0.318 e. The molecule has 3 nitrogen and oxygen atoms in total. The van der Waals surface area contributed by atoms with Crippen LogP contribution in [0.4, 0.5) is 0 Å². The fourth-order valence-electron chi connectivity index (χ4n) is 2.21. The third-order valence-electron chi connectivity index (χ3n) is 3.25. The summed E-state index contributed by atoms with van der Waals surface area (Å²) < 4.78 is 4.65. The summed E-state index contributed by atoms with van der Waals surface area (Å²) in [4.78, 5) is 22.9. The van der Waals surface area contributed by atoms with Gasteiger partial charge in [-0.2, -0.15) is 0 Å². The lowest BCUT2D eigenvalue weighted by Crippen LogP contribution is -2.21. The van der Waals surface area contributed by atoms with Crippen molar-refractivity contribution in [2.75, 3.05) is 0 Å². The fourth-order valence-corrected chi connectivity index (χ4v) is 2.21. The highest BCUT2D eigenvalue weighted by Gasteiger charge is 2.44. The summed E-state index contributed by atoms with van der Waals surface area (Å²) in [5, 5.41) is 0. The van der Waals surface area contributed by atoms with E-state index in [-0.39, 0.29) is 17.8 Å². The van der Waals surface area contributed by atoms with Crippen LogP contribution in [-0.2, 0) is 14.3 Å². The zero-order chi connectivity index (χ0) is 11.7. The quantitative estimate of drug-likeness (QED) is 0.564. The minimum atomic E-state index is -0.405. The Bertz CT molecular complexity index is 410. The molecule has 3 atom stereocenters. The molecule has 0 amide bonds. The van der Waals surface area contributed by atoms with E-state index in [0.29, 0.717) is 0 Å². The molecule has 0 aliphatic carbocycles. The van der Waals surface area contributed by atoms with Gasteiger partial charge in [-0.15, -0.1) is 0 Å². The van der Waals surface area contributed by atoms with Crippen LogP contribution in [0.25, 0.3) is 0 Å².